The standard InChI is InChI=1S/C13H20N4/c1-10-4-6-11(7-5-10)16-12-3-2-8-17-13(12)14-9-15-17/h4,9,11-12,16H,2-3,5-8H2,1H3. The predicted octanol–water partition coefficient (Wildman–Crippen LogP) is 2.20. The summed E-state index contributed by atoms with van der Waals surface area (Å²) >= 11 is 0. The zero-order valence-electron chi connectivity index (χ0n) is 10.4. The van der Waals surface area contributed by atoms with Crippen molar-refractivity contribution < 1.29 is 0 Å². The van der Waals surface area contributed by atoms with Gasteiger partial charge in [0, 0.05) is 12.6 Å². The highest BCUT2D eigenvalue weighted by molar-refractivity contribution is 5.06. The lowest BCUT2D eigenvalue weighted by Gasteiger charge is -2.29. The Balaban J connectivity index is 1.67. The number of rotatable bonds is 2. The van der Waals surface area contributed by atoms with Gasteiger partial charge in [-0.05, 0) is 39.0 Å². The van der Waals surface area contributed by atoms with Gasteiger partial charge in [0.15, 0.2) is 0 Å². The molecule has 1 aromatic rings. The molecule has 1 N–H and O–H groups in total. The van der Waals surface area contributed by atoms with Gasteiger partial charge >= 0.3 is 0 Å². The number of allylic oxidation sites excluding steroid dienone is 1. The average Bonchev–Trinajstić information content (AvgIpc) is 2.81. The van der Waals surface area contributed by atoms with Gasteiger partial charge in [0.05, 0.1) is 6.04 Å². The summed E-state index contributed by atoms with van der Waals surface area (Å²) in [4.78, 5) is 4.39. The van der Waals surface area contributed by atoms with Crippen LogP contribution in [0, 0.1) is 0 Å². The second kappa shape index (κ2) is 4.61. The van der Waals surface area contributed by atoms with Crippen LogP contribution in [0.5, 0.6) is 0 Å². The van der Waals surface area contributed by atoms with E-state index in [2.05, 4.69) is 28.4 Å². The molecule has 0 radical (unpaired) electrons. The summed E-state index contributed by atoms with van der Waals surface area (Å²) in [5.41, 5.74) is 1.54. The summed E-state index contributed by atoms with van der Waals surface area (Å²) in [6.07, 6.45) is 10.1. The maximum absolute atomic E-state index is 4.39. The third-order valence-corrected chi connectivity index (χ3v) is 3.89. The van der Waals surface area contributed by atoms with Crippen molar-refractivity contribution in [1.82, 2.24) is 20.1 Å². The van der Waals surface area contributed by atoms with Crippen molar-refractivity contribution in [2.45, 2.75) is 57.7 Å². The van der Waals surface area contributed by atoms with Crippen molar-refractivity contribution in [1.29, 1.82) is 0 Å². The second-order valence-corrected chi connectivity index (χ2v) is 5.22. The summed E-state index contributed by atoms with van der Waals surface area (Å²) in [5.74, 6) is 1.13. The molecule has 1 aliphatic carbocycles. The number of fused-ring (bicyclic) bond motifs is 1. The molecule has 0 spiro atoms. The van der Waals surface area contributed by atoms with Crippen LogP contribution in [0.2, 0.25) is 0 Å². The Hall–Kier alpha value is -1.16. The third-order valence-electron chi connectivity index (χ3n) is 3.89. The molecule has 1 aromatic heterocycles. The monoisotopic (exact) mass is 232 g/mol. The van der Waals surface area contributed by atoms with Crippen LogP contribution >= 0.6 is 0 Å². The van der Waals surface area contributed by atoms with E-state index in [1.165, 1.54) is 31.3 Å². The highest BCUT2D eigenvalue weighted by Crippen LogP contribution is 2.25. The van der Waals surface area contributed by atoms with Gasteiger partial charge in [-0.2, -0.15) is 5.10 Å². The van der Waals surface area contributed by atoms with Crippen LogP contribution in [0.3, 0.4) is 0 Å². The molecule has 17 heavy (non-hydrogen) atoms. The van der Waals surface area contributed by atoms with Crippen LogP contribution in [-0.4, -0.2) is 20.8 Å². The molecule has 2 aliphatic rings. The SMILES string of the molecule is CC1=CCC(NC2CCCn3ncnc32)CC1. The van der Waals surface area contributed by atoms with Crippen molar-refractivity contribution in [2.75, 3.05) is 0 Å². The highest BCUT2D eigenvalue weighted by atomic mass is 15.3. The first-order chi connectivity index (χ1) is 8.33. The van der Waals surface area contributed by atoms with E-state index in [0.717, 1.165) is 18.8 Å². The fourth-order valence-electron chi connectivity index (χ4n) is 2.85. The number of hydrogen-bond donors (Lipinski definition) is 1. The summed E-state index contributed by atoms with van der Waals surface area (Å²) in [5, 5.41) is 8.02. The van der Waals surface area contributed by atoms with E-state index in [0.29, 0.717) is 12.1 Å². The number of nitrogens with zero attached hydrogens (tertiary/aromatic N) is 3. The van der Waals surface area contributed by atoms with Crippen molar-refractivity contribution in [2.24, 2.45) is 0 Å². The Morgan fingerprint density at radius 2 is 2.35 bits per heavy atom. The van der Waals surface area contributed by atoms with Crippen LogP contribution in [-0.2, 0) is 6.54 Å². The molecule has 0 saturated carbocycles. The summed E-state index contributed by atoms with van der Waals surface area (Å²) in [7, 11) is 0. The maximum Gasteiger partial charge on any atom is 0.143 e. The smallest absolute Gasteiger partial charge is 0.143 e. The van der Waals surface area contributed by atoms with Gasteiger partial charge < -0.3 is 5.32 Å². The molecule has 2 unspecified atom stereocenters. The number of aryl methyl sites for hydroxylation is 1. The molecule has 4 nitrogen and oxygen atoms in total. The topological polar surface area (TPSA) is 42.7 Å². The molecule has 1 aliphatic heterocycles. The van der Waals surface area contributed by atoms with Gasteiger partial charge in [0.25, 0.3) is 0 Å². The average molecular weight is 232 g/mol. The molecule has 4 heteroatoms. The Bertz CT molecular complexity index is 421. The van der Waals surface area contributed by atoms with Gasteiger partial charge in [-0.3, -0.25) is 0 Å². The number of aromatic nitrogens is 3. The molecule has 92 valence electrons. The summed E-state index contributed by atoms with van der Waals surface area (Å²) in [6.45, 7) is 3.25. The summed E-state index contributed by atoms with van der Waals surface area (Å²) in [6, 6.07) is 1.02. The van der Waals surface area contributed by atoms with Gasteiger partial charge in [0.2, 0.25) is 0 Å². The fourth-order valence-corrected chi connectivity index (χ4v) is 2.85. The van der Waals surface area contributed by atoms with Crippen LogP contribution in [0.25, 0.3) is 0 Å². The van der Waals surface area contributed by atoms with E-state index in [1.807, 2.05) is 4.68 Å². The minimum absolute atomic E-state index is 0.406. The van der Waals surface area contributed by atoms with Crippen LogP contribution in [0.15, 0.2) is 18.0 Å². The third kappa shape index (κ3) is 2.27. The first-order valence-electron chi connectivity index (χ1n) is 6.62. The largest absolute Gasteiger partial charge is 0.304 e. The van der Waals surface area contributed by atoms with Crippen molar-refractivity contribution in [3.63, 3.8) is 0 Å². The van der Waals surface area contributed by atoms with Gasteiger partial charge in [-0.25, -0.2) is 9.67 Å². The van der Waals surface area contributed by atoms with Crippen LogP contribution in [0.4, 0.5) is 0 Å². The van der Waals surface area contributed by atoms with Crippen molar-refractivity contribution >= 4 is 0 Å². The minimum atomic E-state index is 0.406. The molecule has 3 rings (SSSR count). The molecule has 0 bridgehead atoms. The fraction of sp³-hybridized carbons (Fsp3) is 0.692. The molecule has 0 fully saturated rings. The summed E-state index contributed by atoms with van der Waals surface area (Å²) < 4.78 is 2.05. The minimum Gasteiger partial charge on any atom is -0.304 e. The number of hydrogen-bond acceptors (Lipinski definition) is 3. The first-order valence-corrected chi connectivity index (χ1v) is 6.62. The Labute approximate surface area is 102 Å². The van der Waals surface area contributed by atoms with Gasteiger partial charge in [0.1, 0.15) is 12.2 Å². The molecular weight excluding hydrogens is 212 g/mol. The lowest BCUT2D eigenvalue weighted by atomic mass is 9.94. The van der Waals surface area contributed by atoms with E-state index in [4.69, 9.17) is 0 Å². The Morgan fingerprint density at radius 1 is 1.41 bits per heavy atom. The lowest BCUT2D eigenvalue weighted by molar-refractivity contribution is 0.322. The molecule has 0 amide bonds. The zero-order chi connectivity index (χ0) is 11.7. The quantitative estimate of drug-likeness (QED) is 0.795. The van der Waals surface area contributed by atoms with Crippen LogP contribution < -0.4 is 5.32 Å². The molecule has 2 atom stereocenters. The van der Waals surface area contributed by atoms with E-state index < -0.39 is 0 Å². The number of nitrogens with one attached hydrogen (secondary N) is 1. The molecular formula is C13H20N4. The maximum atomic E-state index is 4.39. The van der Waals surface area contributed by atoms with E-state index in [1.54, 1.807) is 6.33 Å². The molecule has 0 aromatic carbocycles. The molecule has 0 saturated heterocycles. The van der Waals surface area contributed by atoms with E-state index >= 15 is 0 Å². The van der Waals surface area contributed by atoms with Gasteiger partial charge in [-0.1, -0.05) is 11.6 Å². The van der Waals surface area contributed by atoms with E-state index in [-0.39, 0.29) is 0 Å². The lowest BCUT2D eigenvalue weighted by Crippen LogP contribution is -2.37. The Morgan fingerprint density at radius 3 is 3.18 bits per heavy atom. The van der Waals surface area contributed by atoms with Crippen LogP contribution in [0.1, 0.15) is 50.9 Å². The zero-order valence-corrected chi connectivity index (χ0v) is 10.4. The normalized spacial score (nSPS) is 28.6. The predicted molar refractivity (Wildman–Crippen MR) is 66.5 cm³/mol. The van der Waals surface area contributed by atoms with Crippen molar-refractivity contribution in [3.8, 4) is 0 Å². The Kier molecular flexibility index (Phi) is 2.97. The first kappa shape index (κ1) is 11.0. The highest BCUT2D eigenvalue weighted by Gasteiger charge is 2.25. The van der Waals surface area contributed by atoms with Gasteiger partial charge in [-0.15, -0.1) is 0 Å². The second-order valence-electron chi connectivity index (χ2n) is 5.22. The van der Waals surface area contributed by atoms with E-state index in [9.17, 15) is 0 Å². The van der Waals surface area contributed by atoms with Crippen molar-refractivity contribution in [3.05, 3.63) is 23.8 Å². The molecule has 2 heterocycles.